The van der Waals surface area contributed by atoms with Gasteiger partial charge in [0, 0.05) is 17.1 Å². The molecule has 1 aliphatic rings. The Bertz CT molecular complexity index is 361. The Kier molecular flexibility index (Phi) is 3.21. The van der Waals surface area contributed by atoms with Crippen LogP contribution in [0.15, 0.2) is 18.3 Å². The third-order valence-corrected chi connectivity index (χ3v) is 2.93. The summed E-state index contributed by atoms with van der Waals surface area (Å²) in [6, 6.07) is 3.35. The Balaban J connectivity index is 1.99. The van der Waals surface area contributed by atoms with Gasteiger partial charge in [0.2, 0.25) is 5.91 Å². The van der Waals surface area contributed by atoms with E-state index in [1.165, 1.54) is 0 Å². The number of aromatic nitrogens is 1. The van der Waals surface area contributed by atoms with Gasteiger partial charge in [-0.15, -0.1) is 0 Å². The number of carbonyl (C=O) groups is 1. The number of hydrogen-bond donors (Lipinski definition) is 1. The van der Waals surface area contributed by atoms with E-state index in [2.05, 4.69) is 10.3 Å². The van der Waals surface area contributed by atoms with Crippen LogP contribution >= 0.6 is 11.6 Å². The van der Waals surface area contributed by atoms with Gasteiger partial charge in [0.25, 0.3) is 0 Å². The van der Waals surface area contributed by atoms with Crippen molar-refractivity contribution >= 4 is 23.3 Å². The predicted molar refractivity (Wildman–Crippen MR) is 59.8 cm³/mol. The molecule has 1 aliphatic carbocycles. The molecule has 0 aromatic carbocycles. The molecule has 1 heterocycles. The Morgan fingerprint density at radius 1 is 1.47 bits per heavy atom. The molecule has 15 heavy (non-hydrogen) atoms. The maximum Gasteiger partial charge on any atom is 0.228 e. The summed E-state index contributed by atoms with van der Waals surface area (Å²) in [6.45, 7) is 0. The average molecular weight is 225 g/mol. The van der Waals surface area contributed by atoms with Crippen molar-refractivity contribution in [1.29, 1.82) is 0 Å². The van der Waals surface area contributed by atoms with Crippen molar-refractivity contribution in [2.75, 3.05) is 5.32 Å². The number of rotatable bonds is 2. The lowest BCUT2D eigenvalue weighted by Crippen LogP contribution is -2.20. The maximum atomic E-state index is 11.7. The van der Waals surface area contributed by atoms with Gasteiger partial charge < -0.3 is 5.32 Å². The molecule has 80 valence electrons. The third-order valence-electron chi connectivity index (χ3n) is 2.70. The van der Waals surface area contributed by atoms with Crippen molar-refractivity contribution in [2.45, 2.75) is 25.7 Å². The topological polar surface area (TPSA) is 42.0 Å². The highest BCUT2D eigenvalue weighted by atomic mass is 35.5. The van der Waals surface area contributed by atoms with Crippen LogP contribution in [0, 0.1) is 5.92 Å². The predicted octanol–water partition coefficient (Wildman–Crippen LogP) is 2.86. The van der Waals surface area contributed by atoms with Gasteiger partial charge in [-0.1, -0.05) is 24.4 Å². The largest absolute Gasteiger partial charge is 0.310 e. The van der Waals surface area contributed by atoms with E-state index >= 15 is 0 Å². The minimum absolute atomic E-state index is 0.0715. The summed E-state index contributed by atoms with van der Waals surface area (Å²) in [4.78, 5) is 15.8. The molecule has 2 rings (SSSR count). The molecule has 3 nitrogen and oxygen atoms in total. The fourth-order valence-corrected chi connectivity index (χ4v) is 2.05. The number of halogens is 1. The van der Waals surface area contributed by atoms with E-state index in [1.807, 2.05) is 0 Å². The monoisotopic (exact) mass is 224 g/mol. The van der Waals surface area contributed by atoms with Crippen LogP contribution in [0.4, 0.5) is 5.82 Å². The highest BCUT2D eigenvalue weighted by molar-refractivity contribution is 6.30. The fraction of sp³-hybridized carbons (Fsp3) is 0.455. The second-order valence-electron chi connectivity index (χ2n) is 3.83. The summed E-state index contributed by atoms with van der Waals surface area (Å²) in [5, 5.41) is 3.38. The molecule has 1 aromatic rings. The van der Waals surface area contributed by atoms with Crippen LogP contribution in [-0.4, -0.2) is 10.9 Å². The van der Waals surface area contributed by atoms with Crippen LogP contribution in [0.25, 0.3) is 0 Å². The lowest BCUT2D eigenvalue weighted by molar-refractivity contribution is -0.119. The molecule has 0 spiro atoms. The molecule has 1 fully saturated rings. The SMILES string of the molecule is O=C(Nc1cc(Cl)ccn1)C1CCCC1. The molecule has 1 N–H and O–H groups in total. The van der Waals surface area contributed by atoms with E-state index in [1.54, 1.807) is 18.3 Å². The maximum absolute atomic E-state index is 11.7. The van der Waals surface area contributed by atoms with Crippen LogP contribution in [-0.2, 0) is 4.79 Å². The van der Waals surface area contributed by atoms with Gasteiger partial charge >= 0.3 is 0 Å². The normalized spacial score (nSPS) is 16.6. The van der Waals surface area contributed by atoms with Crippen LogP contribution in [0.2, 0.25) is 5.02 Å². The van der Waals surface area contributed by atoms with Gasteiger partial charge in [0.15, 0.2) is 0 Å². The molecule has 0 radical (unpaired) electrons. The highest BCUT2D eigenvalue weighted by Gasteiger charge is 2.22. The summed E-state index contributed by atoms with van der Waals surface area (Å²) in [7, 11) is 0. The van der Waals surface area contributed by atoms with Gasteiger partial charge in [0.05, 0.1) is 0 Å². The van der Waals surface area contributed by atoms with Crippen LogP contribution in [0.5, 0.6) is 0 Å². The first kappa shape index (κ1) is 10.4. The van der Waals surface area contributed by atoms with Gasteiger partial charge in [-0.2, -0.15) is 0 Å². The summed E-state index contributed by atoms with van der Waals surface area (Å²) < 4.78 is 0. The summed E-state index contributed by atoms with van der Waals surface area (Å²) >= 11 is 5.80. The Morgan fingerprint density at radius 2 is 2.20 bits per heavy atom. The number of pyridine rings is 1. The highest BCUT2D eigenvalue weighted by Crippen LogP contribution is 2.25. The van der Waals surface area contributed by atoms with Gasteiger partial charge in [-0.3, -0.25) is 4.79 Å². The quantitative estimate of drug-likeness (QED) is 0.840. The van der Waals surface area contributed by atoms with E-state index in [9.17, 15) is 4.79 Å². The molecule has 4 heteroatoms. The van der Waals surface area contributed by atoms with Gasteiger partial charge in [-0.25, -0.2) is 4.98 Å². The van der Waals surface area contributed by atoms with Crippen LogP contribution < -0.4 is 5.32 Å². The molecule has 1 aromatic heterocycles. The first-order chi connectivity index (χ1) is 7.25. The molecule has 0 aliphatic heterocycles. The Labute approximate surface area is 93.8 Å². The van der Waals surface area contributed by atoms with Crippen LogP contribution in [0.1, 0.15) is 25.7 Å². The molecule has 0 unspecified atom stereocenters. The number of nitrogens with one attached hydrogen (secondary N) is 1. The Morgan fingerprint density at radius 3 is 2.87 bits per heavy atom. The van der Waals surface area contributed by atoms with E-state index in [-0.39, 0.29) is 11.8 Å². The summed E-state index contributed by atoms with van der Waals surface area (Å²) in [5.41, 5.74) is 0. The van der Waals surface area contributed by atoms with Gasteiger partial charge in [0.1, 0.15) is 5.82 Å². The number of anilines is 1. The molecule has 1 amide bonds. The van der Waals surface area contributed by atoms with Crippen molar-refractivity contribution in [3.05, 3.63) is 23.4 Å². The van der Waals surface area contributed by atoms with Crippen LogP contribution in [0.3, 0.4) is 0 Å². The number of nitrogens with zero attached hydrogens (tertiary/aromatic N) is 1. The minimum atomic E-state index is 0.0715. The molecule has 0 saturated heterocycles. The van der Waals surface area contributed by atoms with E-state index in [4.69, 9.17) is 11.6 Å². The van der Waals surface area contributed by atoms with E-state index in [0.717, 1.165) is 25.7 Å². The number of hydrogen-bond acceptors (Lipinski definition) is 2. The van der Waals surface area contributed by atoms with E-state index < -0.39 is 0 Å². The average Bonchev–Trinajstić information content (AvgIpc) is 2.70. The first-order valence-electron chi connectivity index (χ1n) is 5.18. The van der Waals surface area contributed by atoms with Crippen molar-refractivity contribution < 1.29 is 4.79 Å². The number of amides is 1. The number of carbonyl (C=O) groups excluding carboxylic acids is 1. The summed E-state index contributed by atoms with van der Waals surface area (Å²) in [5.74, 6) is 0.771. The third kappa shape index (κ3) is 2.69. The fourth-order valence-electron chi connectivity index (χ4n) is 1.89. The van der Waals surface area contributed by atoms with Crippen molar-refractivity contribution in [3.63, 3.8) is 0 Å². The zero-order chi connectivity index (χ0) is 10.7. The molecule has 0 bridgehead atoms. The molecular formula is C11H13ClN2O. The summed E-state index contributed by atoms with van der Waals surface area (Å²) in [6.07, 6.45) is 5.88. The standard InChI is InChI=1S/C11H13ClN2O/c12-9-5-6-13-10(7-9)14-11(15)8-3-1-2-4-8/h5-8H,1-4H2,(H,13,14,15). The van der Waals surface area contributed by atoms with Crippen molar-refractivity contribution in [2.24, 2.45) is 5.92 Å². The lowest BCUT2D eigenvalue weighted by atomic mass is 10.1. The van der Waals surface area contributed by atoms with E-state index in [0.29, 0.717) is 10.8 Å². The second-order valence-corrected chi connectivity index (χ2v) is 4.27. The second kappa shape index (κ2) is 4.62. The zero-order valence-corrected chi connectivity index (χ0v) is 9.13. The minimum Gasteiger partial charge on any atom is -0.310 e. The Hall–Kier alpha value is -1.09. The molecule has 1 saturated carbocycles. The smallest absolute Gasteiger partial charge is 0.228 e. The lowest BCUT2D eigenvalue weighted by Gasteiger charge is -2.09. The van der Waals surface area contributed by atoms with Crippen molar-refractivity contribution in [1.82, 2.24) is 4.98 Å². The van der Waals surface area contributed by atoms with Gasteiger partial charge in [-0.05, 0) is 25.0 Å². The molecule has 0 atom stereocenters. The first-order valence-corrected chi connectivity index (χ1v) is 5.56. The zero-order valence-electron chi connectivity index (χ0n) is 8.37. The molecular weight excluding hydrogens is 212 g/mol. The van der Waals surface area contributed by atoms with Crippen molar-refractivity contribution in [3.8, 4) is 0 Å².